The van der Waals surface area contributed by atoms with Crippen molar-refractivity contribution in [2.24, 2.45) is 5.92 Å². The Bertz CT molecular complexity index is 421. The molecule has 0 aliphatic heterocycles. The summed E-state index contributed by atoms with van der Waals surface area (Å²) in [6.45, 7) is 6.58. The van der Waals surface area contributed by atoms with Gasteiger partial charge in [-0.05, 0) is 37.8 Å². The van der Waals surface area contributed by atoms with Crippen LogP contribution in [0, 0.1) is 17.2 Å². The Labute approximate surface area is 110 Å². The van der Waals surface area contributed by atoms with Crippen molar-refractivity contribution in [1.29, 1.82) is 5.26 Å². The quantitative estimate of drug-likeness (QED) is 0.830. The minimum Gasteiger partial charge on any atom is -0.497 e. The van der Waals surface area contributed by atoms with Gasteiger partial charge in [-0.1, -0.05) is 13.8 Å². The lowest BCUT2D eigenvalue weighted by molar-refractivity contribution is 0.415. The number of benzene rings is 1. The Morgan fingerprint density at radius 1 is 1.28 bits per heavy atom. The lowest BCUT2D eigenvalue weighted by Gasteiger charge is -2.17. The Balaban J connectivity index is 2.73. The van der Waals surface area contributed by atoms with Crippen molar-refractivity contribution in [3.8, 4) is 11.8 Å². The van der Waals surface area contributed by atoms with Gasteiger partial charge >= 0.3 is 0 Å². The van der Waals surface area contributed by atoms with E-state index in [1.54, 1.807) is 13.2 Å². The topological polar surface area (TPSA) is 45.0 Å². The Morgan fingerprint density at radius 3 is 2.56 bits per heavy atom. The number of nitriles is 1. The van der Waals surface area contributed by atoms with E-state index >= 15 is 0 Å². The Kier molecular flexibility index (Phi) is 5.51. The highest BCUT2D eigenvalue weighted by Gasteiger charge is 2.08. The van der Waals surface area contributed by atoms with Crippen LogP contribution in [0.5, 0.6) is 5.75 Å². The lowest BCUT2D eigenvalue weighted by Crippen LogP contribution is -2.16. The fourth-order valence-electron chi connectivity index (χ4n) is 1.79. The van der Waals surface area contributed by atoms with Gasteiger partial charge in [-0.25, -0.2) is 0 Å². The zero-order chi connectivity index (χ0) is 13.5. The predicted octanol–water partition coefficient (Wildman–Crippen LogP) is 3.80. The molecule has 0 saturated carbocycles. The summed E-state index contributed by atoms with van der Waals surface area (Å²) in [7, 11) is 1.63. The van der Waals surface area contributed by atoms with Gasteiger partial charge in [-0.15, -0.1) is 0 Å². The molecule has 1 aromatic rings. The monoisotopic (exact) mass is 246 g/mol. The largest absolute Gasteiger partial charge is 0.497 e. The summed E-state index contributed by atoms with van der Waals surface area (Å²) >= 11 is 0. The second-order valence-electron chi connectivity index (χ2n) is 5.04. The van der Waals surface area contributed by atoms with E-state index in [4.69, 9.17) is 10.00 Å². The van der Waals surface area contributed by atoms with Crippen LogP contribution in [0.1, 0.15) is 39.2 Å². The van der Waals surface area contributed by atoms with Crippen molar-refractivity contribution in [3.63, 3.8) is 0 Å². The molecule has 18 heavy (non-hydrogen) atoms. The van der Waals surface area contributed by atoms with Crippen LogP contribution in [0.3, 0.4) is 0 Å². The SMILES string of the molecule is COc1ccc(C#N)c(NC(C)CCC(C)C)c1. The molecule has 0 amide bonds. The molecule has 0 bridgehead atoms. The van der Waals surface area contributed by atoms with Gasteiger partial charge in [0.2, 0.25) is 0 Å². The van der Waals surface area contributed by atoms with E-state index in [0.717, 1.165) is 17.9 Å². The third kappa shape index (κ3) is 4.29. The molecule has 3 nitrogen and oxygen atoms in total. The van der Waals surface area contributed by atoms with Gasteiger partial charge < -0.3 is 10.1 Å². The summed E-state index contributed by atoms with van der Waals surface area (Å²) in [4.78, 5) is 0. The average molecular weight is 246 g/mol. The third-order valence-electron chi connectivity index (χ3n) is 2.93. The van der Waals surface area contributed by atoms with Crippen molar-refractivity contribution in [2.75, 3.05) is 12.4 Å². The molecule has 1 atom stereocenters. The maximum absolute atomic E-state index is 9.08. The van der Waals surface area contributed by atoms with Crippen LogP contribution in [0.15, 0.2) is 18.2 Å². The van der Waals surface area contributed by atoms with Crippen molar-refractivity contribution >= 4 is 5.69 Å². The van der Waals surface area contributed by atoms with Crippen LogP contribution in [0.25, 0.3) is 0 Å². The predicted molar refractivity (Wildman–Crippen MR) is 74.9 cm³/mol. The molecule has 1 unspecified atom stereocenters. The maximum Gasteiger partial charge on any atom is 0.121 e. The van der Waals surface area contributed by atoms with Gasteiger partial charge in [-0.2, -0.15) is 5.26 Å². The second kappa shape index (κ2) is 6.90. The first-order valence-corrected chi connectivity index (χ1v) is 6.41. The molecule has 0 spiro atoms. The van der Waals surface area contributed by atoms with Gasteiger partial charge in [0.25, 0.3) is 0 Å². The Hall–Kier alpha value is -1.69. The fraction of sp³-hybridized carbons (Fsp3) is 0.533. The highest BCUT2D eigenvalue weighted by Crippen LogP contribution is 2.23. The number of hydrogen-bond acceptors (Lipinski definition) is 3. The highest BCUT2D eigenvalue weighted by molar-refractivity contribution is 5.60. The molecule has 1 aromatic carbocycles. The smallest absolute Gasteiger partial charge is 0.121 e. The van der Waals surface area contributed by atoms with E-state index in [1.165, 1.54) is 6.42 Å². The zero-order valence-corrected chi connectivity index (χ0v) is 11.7. The number of methoxy groups -OCH3 is 1. The van der Waals surface area contributed by atoms with Gasteiger partial charge in [0.05, 0.1) is 18.4 Å². The summed E-state index contributed by atoms with van der Waals surface area (Å²) < 4.78 is 5.18. The van der Waals surface area contributed by atoms with E-state index in [-0.39, 0.29) is 0 Å². The van der Waals surface area contributed by atoms with Crippen molar-refractivity contribution in [2.45, 2.75) is 39.7 Å². The van der Waals surface area contributed by atoms with E-state index in [2.05, 4.69) is 32.2 Å². The molecule has 0 aromatic heterocycles. The van der Waals surface area contributed by atoms with Crippen LogP contribution >= 0.6 is 0 Å². The molecule has 0 saturated heterocycles. The molecule has 0 fully saturated rings. The minimum atomic E-state index is 0.353. The van der Waals surface area contributed by atoms with E-state index in [0.29, 0.717) is 17.5 Å². The zero-order valence-electron chi connectivity index (χ0n) is 11.7. The number of nitrogens with zero attached hydrogens (tertiary/aromatic N) is 1. The summed E-state index contributed by atoms with van der Waals surface area (Å²) in [5.74, 6) is 1.47. The summed E-state index contributed by atoms with van der Waals surface area (Å²) in [5, 5.41) is 12.5. The van der Waals surface area contributed by atoms with E-state index in [1.807, 2.05) is 12.1 Å². The van der Waals surface area contributed by atoms with Crippen LogP contribution in [0.4, 0.5) is 5.69 Å². The summed E-state index contributed by atoms with van der Waals surface area (Å²) in [6, 6.07) is 8.03. The van der Waals surface area contributed by atoms with Gasteiger partial charge in [0.1, 0.15) is 11.8 Å². The summed E-state index contributed by atoms with van der Waals surface area (Å²) in [5.41, 5.74) is 1.51. The van der Waals surface area contributed by atoms with Gasteiger partial charge in [0, 0.05) is 12.1 Å². The van der Waals surface area contributed by atoms with Crippen molar-refractivity contribution in [3.05, 3.63) is 23.8 Å². The number of anilines is 1. The minimum absolute atomic E-state index is 0.353. The fourth-order valence-corrected chi connectivity index (χ4v) is 1.79. The first kappa shape index (κ1) is 14.4. The van der Waals surface area contributed by atoms with Gasteiger partial charge in [0.15, 0.2) is 0 Å². The average Bonchev–Trinajstić information content (AvgIpc) is 2.36. The first-order valence-electron chi connectivity index (χ1n) is 6.41. The molecule has 98 valence electrons. The van der Waals surface area contributed by atoms with Crippen molar-refractivity contribution < 1.29 is 4.74 Å². The maximum atomic E-state index is 9.08. The normalized spacial score (nSPS) is 12.0. The van der Waals surface area contributed by atoms with Crippen LogP contribution in [0.2, 0.25) is 0 Å². The lowest BCUT2D eigenvalue weighted by atomic mass is 10.0. The third-order valence-corrected chi connectivity index (χ3v) is 2.93. The van der Waals surface area contributed by atoms with Crippen LogP contribution in [-0.2, 0) is 0 Å². The molecular formula is C15H22N2O. The molecule has 1 N–H and O–H groups in total. The molecule has 0 radical (unpaired) electrons. The standard InChI is InChI=1S/C15H22N2O/c1-11(2)5-6-12(3)17-15-9-14(18-4)8-7-13(15)10-16/h7-9,11-12,17H,5-6H2,1-4H3. The van der Waals surface area contributed by atoms with Crippen LogP contribution < -0.4 is 10.1 Å². The molecule has 1 rings (SSSR count). The molecule has 0 aliphatic carbocycles. The highest BCUT2D eigenvalue weighted by atomic mass is 16.5. The van der Waals surface area contributed by atoms with E-state index < -0.39 is 0 Å². The Morgan fingerprint density at radius 2 is 2.00 bits per heavy atom. The molecule has 0 aliphatic rings. The number of ether oxygens (including phenoxy) is 1. The summed E-state index contributed by atoms with van der Waals surface area (Å²) in [6.07, 6.45) is 2.28. The molecule has 3 heteroatoms. The van der Waals surface area contributed by atoms with Crippen LogP contribution in [-0.4, -0.2) is 13.2 Å². The molecule has 0 heterocycles. The van der Waals surface area contributed by atoms with E-state index in [9.17, 15) is 0 Å². The number of nitrogens with one attached hydrogen (secondary N) is 1. The van der Waals surface area contributed by atoms with Gasteiger partial charge in [-0.3, -0.25) is 0 Å². The van der Waals surface area contributed by atoms with Crippen molar-refractivity contribution in [1.82, 2.24) is 0 Å². The second-order valence-corrected chi connectivity index (χ2v) is 5.04. The first-order chi connectivity index (χ1) is 8.56. The molecular weight excluding hydrogens is 224 g/mol. The number of hydrogen-bond donors (Lipinski definition) is 1. The number of rotatable bonds is 6.